The fourth-order valence-electron chi connectivity index (χ4n) is 6.17. The van der Waals surface area contributed by atoms with Gasteiger partial charge in [0.05, 0.1) is 31.0 Å². The number of hydrogen-bond acceptors (Lipinski definition) is 4. The number of nitrogens with zero attached hydrogens (tertiary/aromatic N) is 1. The van der Waals surface area contributed by atoms with Crippen molar-refractivity contribution in [1.29, 1.82) is 0 Å². The molecule has 5 heteroatoms. The molecule has 3 aliphatic heterocycles. The summed E-state index contributed by atoms with van der Waals surface area (Å²) in [5.74, 6) is 0. The van der Waals surface area contributed by atoms with E-state index in [0.717, 1.165) is 19.4 Å². The Balaban J connectivity index is 1.71. The fraction of sp³-hybridized carbons (Fsp3) is 1.00. The standard InChI is InChI=1S/C23H45NO3Si/c1-8-9-10-11-20-12-19-13-23(22(24(19)26-20)14-21-15-25-21)27-28(16(2)3,17(4)5)18(6)7/h16-23H,8-15H2,1-7H3/t19-,20+,21+,22-,23+/m1/s1. The smallest absolute Gasteiger partial charge is 0.200 e. The lowest BCUT2D eigenvalue weighted by Gasteiger charge is -2.45. The molecule has 0 aromatic heterocycles. The van der Waals surface area contributed by atoms with E-state index in [1.54, 1.807) is 0 Å². The first-order valence-electron chi connectivity index (χ1n) is 12.0. The van der Waals surface area contributed by atoms with E-state index in [0.29, 0.717) is 47.0 Å². The van der Waals surface area contributed by atoms with Crippen molar-refractivity contribution < 1.29 is 14.0 Å². The van der Waals surface area contributed by atoms with Crippen LogP contribution in [0.2, 0.25) is 16.6 Å². The van der Waals surface area contributed by atoms with Crippen molar-refractivity contribution in [2.24, 2.45) is 0 Å². The third-order valence-electron chi connectivity index (χ3n) is 7.53. The molecule has 164 valence electrons. The molecule has 3 aliphatic rings. The van der Waals surface area contributed by atoms with Crippen LogP contribution in [-0.4, -0.2) is 50.4 Å². The Morgan fingerprint density at radius 1 is 0.964 bits per heavy atom. The topological polar surface area (TPSA) is 34.2 Å². The van der Waals surface area contributed by atoms with E-state index in [1.165, 1.54) is 32.1 Å². The summed E-state index contributed by atoms with van der Waals surface area (Å²) in [6.45, 7) is 17.5. The molecule has 3 heterocycles. The van der Waals surface area contributed by atoms with Crippen LogP contribution in [0.4, 0.5) is 0 Å². The molecule has 0 unspecified atom stereocenters. The van der Waals surface area contributed by atoms with E-state index in [9.17, 15) is 0 Å². The maximum atomic E-state index is 7.26. The summed E-state index contributed by atoms with van der Waals surface area (Å²) in [5, 5.41) is 2.36. The minimum atomic E-state index is -1.88. The number of epoxide rings is 1. The monoisotopic (exact) mass is 411 g/mol. The molecule has 0 radical (unpaired) electrons. The third-order valence-corrected chi connectivity index (χ3v) is 13.7. The second kappa shape index (κ2) is 9.46. The number of unbranched alkanes of at least 4 members (excludes halogenated alkanes) is 2. The first kappa shape index (κ1) is 22.7. The average molecular weight is 412 g/mol. The summed E-state index contributed by atoms with van der Waals surface area (Å²) in [6.07, 6.45) is 9.65. The highest BCUT2D eigenvalue weighted by atomic mass is 28.4. The molecule has 28 heavy (non-hydrogen) atoms. The summed E-state index contributed by atoms with van der Waals surface area (Å²) >= 11 is 0. The molecule has 3 rings (SSSR count). The second-order valence-electron chi connectivity index (χ2n) is 10.4. The van der Waals surface area contributed by atoms with Gasteiger partial charge in [-0.2, -0.15) is 5.06 Å². The van der Waals surface area contributed by atoms with Crippen LogP contribution in [0.3, 0.4) is 0 Å². The van der Waals surface area contributed by atoms with Crippen molar-refractivity contribution >= 4 is 8.32 Å². The Bertz CT molecular complexity index is 472. The molecule has 3 fully saturated rings. The van der Waals surface area contributed by atoms with Gasteiger partial charge in [-0.1, -0.05) is 67.7 Å². The molecule has 0 aromatic carbocycles. The summed E-state index contributed by atoms with van der Waals surface area (Å²) in [7, 11) is -1.88. The predicted molar refractivity (Wildman–Crippen MR) is 118 cm³/mol. The molecule has 3 saturated heterocycles. The van der Waals surface area contributed by atoms with E-state index < -0.39 is 8.32 Å². The van der Waals surface area contributed by atoms with Gasteiger partial charge in [0, 0.05) is 6.04 Å². The van der Waals surface area contributed by atoms with Crippen molar-refractivity contribution in [3.63, 3.8) is 0 Å². The molecule has 4 nitrogen and oxygen atoms in total. The molecule has 0 N–H and O–H groups in total. The molecule has 0 spiro atoms. The van der Waals surface area contributed by atoms with Gasteiger partial charge < -0.3 is 9.16 Å². The van der Waals surface area contributed by atoms with Crippen LogP contribution in [0.25, 0.3) is 0 Å². The Morgan fingerprint density at radius 2 is 1.61 bits per heavy atom. The van der Waals surface area contributed by atoms with Gasteiger partial charge in [0.1, 0.15) is 0 Å². The largest absolute Gasteiger partial charge is 0.411 e. The van der Waals surface area contributed by atoms with Gasteiger partial charge in [-0.3, -0.25) is 4.84 Å². The van der Waals surface area contributed by atoms with E-state index in [1.807, 2.05) is 0 Å². The summed E-state index contributed by atoms with van der Waals surface area (Å²) in [5.41, 5.74) is 1.88. The number of hydroxylamine groups is 2. The van der Waals surface area contributed by atoms with Gasteiger partial charge >= 0.3 is 0 Å². The Hall–Kier alpha value is 0.0569. The van der Waals surface area contributed by atoms with Gasteiger partial charge in [-0.05, 0) is 42.3 Å². The highest BCUT2D eigenvalue weighted by Crippen LogP contribution is 2.47. The highest BCUT2D eigenvalue weighted by molar-refractivity contribution is 6.77. The first-order chi connectivity index (χ1) is 13.3. The lowest BCUT2D eigenvalue weighted by atomic mass is 10.0. The first-order valence-corrected chi connectivity index (χ1v) is 14.2. The van der Waals surface area contributed by atoms with Gasteiger partial charge in [0.25, 0.3) is 0 Å². The van der Waals surface area contributed by atoms with Gasteiger partial charge in [0.15, 0.2) is 0 Å². The minimum absolute atomic E-state index is 0.310. The van der Waals surface area contributed by atoms with Crippen LogP contribution >= 0.6 is 0 Å². The number of rotatable bonds is 11. The van der Waals surface area contributed by atoms with E-state index in [4.69, 9.17) is 14.0 Å². The van der Waals surface area contributed by atoms with E-state index in [-0.39, 0.29) is 0 Å². The van der Waals surface area contributed by atoms with E-state index in [2.05, 4.69) is 53.5 Å². The quantitative estimate of drug-likeness (QED) is 0.235. The Kier molecular flexibility index (Phi) is 7.69. The van der Waals surface area contributed by atoms with Crippen LogP contribution < -0.4 is 0 Å². The van der Waals surface area contributed by atoms with Gasteiger partial charge in [0.2, 0.25) is 8.32 Å². The van der Waals surface area contributed by atoms with Crippen molar-refractivity contribution in [2.75, 3.05) is 6.61 Å². The number of fused-ring (bicyclic) bond motifs is 1. The Labute approximate surface area is 174 Å². The zero-order valence-electron chi connectivity index (χ0n) is 19.4. The molecule has 0 saturated carbocycles. The average Bonchev–Trinajstić information content (AvgIpc) is 3.27. The number of ether oxygens (including phenoxy) is 1. The van der Waals surface area contributed by atoms with Crippen molar-refractivity contribution in [2.45, 2.75) is 140 Å². The predicted octanol–water partition coefficient (Wildman–Crippen LogP) is 6.06. The maximum Gasteiger partial charge on any atom is 0.200 e. The van der Waals surface area contributed by atoms with Crippen LogP contribution in [0, 0.1) is 0 Å². The maximum absolute atomic E-state index is 7.26. The zero-order valence-corrected chi connectivity index (χ0v) is 20.4. The van der Waals surface area contributed by atoms with Crippen LogP contribution in [0.15, 0.2) is 0 Å². The molecule has 0 amide bonds. The molecule has 0 aliphatic carbocycles. The summed E-state index contributed by atoms with van der Waals surface area (Å²) in [6, 6.07) is 0.912. The van der Waals surface area contributed by atoms with Crippen LogP contribution in [-0.2, 0) is 14.0 Å². The molecule has 0 aromatic rings. The lowest BCUT2D eigenvalue weighted by molar-refractivity contribution is -0.183. The van der Waals surface area contributed by atoms with Crippen molar-refractivity contribution in [1.82, 2.24) is 5.06 Å². The fourth-order valence-corrected chi connectivity index (χ4v) is 11.8. The third kappa shape index (κ3) is 4.69. The highest BCUT2D eigenvalue weighted by Gasteiger charge is 2.54. The zero-order chi connectivity index (χ0) is 20.5. The van der Waals surface area contributed by atoms with Gasteiger partial charge in [-0.15, -0.1) is 0 Å². The Morgan fingerprint density at radius 3 is 2.14 bits per heavy atom. The van der Waals surface area contributed by atoms with Crippen LogP contribution in [0.5, 0.6) is 0 Å². The summed E-state index contributed by atoms with van der Waals surface area (Å²) < 4.78 is 12.9. The molecular formula is C23H45NO3Si. The second-order valence-corrected chi connectivity index (χ2v) is 15.8. The number of hydrogen-bond donors (Lipinski definition) is 0. The van der Waals surface area contributed by atoms with Crippen molar-refractivity contribution in [3.05, 3.63) is 0 Å². The normalized spacial score (nSPS) is 33.4. The molecule has 5 atom stereocenters. The van der Waals surface area contributed by atoms with E-state index >= 15 is 0 Å². The minimum Gasteiger partial charge on any atom is -0.411 e. The molecular weight excluding hydrogens is 366 g/mol. The lowest BCUT2D eigenvalue weighted by Crippen LogP contribution is -2.52. The van der Waals surface area contributed by atoms with Crippen LogP contribution in [0.1, 0.15) is 93.4 Å². The summed E-state index contributed by atoms with van der Waals surface area (Å²) in [4.78, 5) is 6.51. The SMILES string of the molecule is CCCCC[C@H]1C[C@@H]2C[C@H](O[Si](C(C)C)(C(C)C)C(C)C)[C@@H](C[C@H]3CO3)N2O1. The molecule has 0 bridgehead atoms. The van der Waals surface area contributed by atoms with Gasteiger partial charge in [-0.25, -0.2) is 0 Å². The van der Waals surface area contributed by atoms with Crippen molar-refractivity contribution in [3.8, 4) is 0 Å².